The van der Waals surface area contributed by atoms with E-state index < -0.39 is 0 Å². The lowest BCUT2D eigenvalue weighted by Gasteiger charge is -2.31. The number of amides is 1. The van der Waals surface area contributed by atoms with E-state index in [9.17, 15) is 10.1 Å². The molecule has 5 nitrogen and oxygen atoms in total. The van der Waals surface area contributed by atoms with E-state index in [4.69, 9.17) is 5.26 Å². The maximum Gasteiger partial charge on any atom is 0.229 e. The van der Waals surface area contributed by atoms with Gasteiger partial charge in [0.25, 0.3) is 0 Å². The first kappa shape index (κ1) is 18.4. The van der Waals surface area contributed by atoms with Gasteiger partial charge in [-0.25, -0.2) is 0 Å². The van der Waals surface area contributed by atoms with Crippen molar-refractivity contribution in [2.75, 3.05) is 25.0 Å². The van der Waals surface area contributed by atoms with Crippen LogP contribution in [0.25, 0.3) is 0 Å². The molecule has 0 spiro atoms. The van der Waals surface area contributed by atoms with Crippen LogP contribution in [0.5, 0.6) is 0 Å². The SMILES string of the molecule is CC(C)(C)c1csc(NC(=O)C2CCCN(CCC#N)C2)c1C#N. The first-order valence-electron chi connectivity index (χ1n) is 8.29. The van der Waals surface area contributed by atoms with Gasteiger partial charge in [0, 0.05) is 19.5 Å². The predicted molar refractivity (Wildman–Crippen MR) is 95.8 cm³/mol. The maximum atomic E-state index is 12.6. The fourth-order valence-corrected chi connectivity index (χ4v) is 4.15. The summed E-state index contributed by atoms with van der Waals surface area (Å²) in [6, 6.07) is 4.40. The van der Waals surface area contributed by atoms with E-state index in [1.807, 2.05) is 5.38 Å². The minimum Gasteiger partial charge on any atom is -0.316 e. The molecule has 0 aliphatic carbocycles. The van der Waals surface area contributed by atoms with Crippen molar-refractivity contribution in [1.82, 2.24) is 4.90 Å². The Morgan fingerprint density at radius 1 is 1.46 bits per heavy atom. The van der Waals surface area contributed by atoms with Gasteiger partial charge in [0.2, 0.25) is 5.91 Å². The van der Waals surface area contributed by atoms with E-state index >= 15 is 0 Å². The molecule has 0 bridgehead atoms. The molecule has 1 aliphatic rings. The van der Waals surface area contributed by atoms with Crippen molar-refractivity contribution in [1.29, 1.82) is 10.5 Å². The monoisotopic (exact) mass is 344 g/mol. The summed E-state index contributed by atoms with van der Waals surface area (Å²) in [5.41, 5.74) is 1.44. The Balaban J connectivity index is 2.06. The van der Waals surface area contributed by atoms with Crippen LogP contribution >= 0.6 is 11.3 Å². The van der Waals surface area contributed by atoms with Crippen molar-refractivity contribution in [3.05, 3.63) is 16.5 Å². The van der Waals surface area contributed by atoms with E-state index in [-0.39, 0.29) is 17.2 Å². The molecule has 0 saturated carbocycles. The highest BCUT2D eigenvalue weighted by molar-refractivity contribution is 7.14. The lowest BCUT2D eigenvalue weighted by Crippen LogP contribution is -2.41. The Kier molecular flexibility index (Phi) is 5.99. The molecule has 1 amide bonds. The van der Waals surface area contributed by atoms with E-state index in [0.717, 1.165) is 31.5 Å². The number of carbonyl (C=O) groups excluding carboxylic acids is 1. The molecule has 1 unspecified atom stereocenters. The van der Waals surface area contributed by atoms with Gasteiger partial charge in [-0.2, -0.15) is 10.5 Å². The van der Waals surface area contributed by atoms with Crippen molar-refractivity contribution >= 4 is 22.2 Å². The Bertz CT molecular complexity index is 675. The number of hydrogen-bond acceptors (Lipinski definition) is 5. The number of nitrogens with one attached hydrogen (secondary N) is 1. The summed E-state index contributed by atoms with van der Waals surface area (Å²) in [5, 5.41) is 23.8. The number of hydrogen-bond donors (Lipinski definition) is 1. The fraction of sp³-hybridized carbons (Fsp3) is 0.611. The largest absolute Gasteiger partial charge is 0.316 e. The Labute approximate surface area is 147 Å². The molecular formula is C18H24N4OS. The molecular weight excluding hydrogens is 320 g/mol. The zero-order valence-electron chi connectivity index (χ0n) is 14.6. The van der Waals surface area contributed by atoms with Gasteiger partial charge in [0.15, 0.2) is 0 Å². The number of anilines is 1. The summed E-state index contributed by atoms with van der Waals surface area (Å²) in [4.78, 5) is 14.8. The minimum atomic E-state index is -0.122. The highest BCUT2D eigenvalue weighted by Gasteiger charge is 2.28. The van der Waals surface area contributed by atoms with Gasteiger partial charge in [-0.05, 0) is 35.7 Å². The van der Waals surface area contributed by atoms with Crippen LogP contribution in [0.3, 0.4) is 0 Å². The summed E-state index contributed by atoms with van der Waals surface area (Å²) in [6.07, 6.45) is 2.31. The van der Waals surface area contributed by atoms with E-state index in [1.54, 1.807) is 0 Å². The normalized spacial score (nSPS) is 18.6. The molecule has 128 valence electrons. The number of rotatable bonds is 4. The third-order valence-corrected chi connectivity index (χ3v) is 5.26. The maximum absolute atomic E-state index is 12.6. The summed E-state index contributed by atoms with van der Waals surface area (Å²) >= 11 is 1.42. The summed E-state index contributed by atoms with van der Waals surface area (Å²) in [6.45, 7) is 8.55. The van der Waals surface area contributed by atoms with Gasteiger partial charge in [-0.3, -0.25) is 4.79 Å². The third-order valence-electron chi connectivity index (χ3n) is 4.36. The predicted octanol–water partition coefficient (Wildman–Crippen LogP) is 3.48. The van der Waals surface area contributed by atoms with Gasteiger partial charge < -0.3 is 10.2 Å². The number of likely N-dealkylation sites (tertiary alicyclic amines) is 1. The van der Waals surface area contributed by atoms with Gasteiger partial charge in [0.1, 0.15) is 11.1 Å². The number of carbonyl (C=O) groups is 1. The van der Waals surface area contributed by atoms with E-state index in [0.29, 0.717) is 23.5 Å². The highest BCUT2D eigenvalue weighted by atomic mass is 32.1. The van der Waals surface area contributed by atoms with Crippen LogP contribution < -0.4 is 5.32 Å². The fourth-order valence-electron chi connectivity index (χ4n) is 3.01. The first-order chi connectivity index (χ1) is 11.4. The number of nitrogens with zero attached hydrogens (tertiary/aromatic N) is 3. The van der Waals surface area contributed by atoms with Gasteiger partial charge in [-0.1, -0.05) is 20.8 Å². The summed E-state index contributed by atoms with van der Waals surface area (Å²) in [5.74, 6) is -0.0976. The molecule has 6 heteroatoms. The lowest BCUT2D eigenvalue weighted by atomic mass is 9.86. The lowest BCUT2D eigenvalue weighted by molar-refractivity contribution is -0.121. The number of piperidine rings is 1. The Morgan fingerprint density at radius 2 is 2.21 bits per heavy atom. The average Bonchev–Trinajstić information content (AvgIpc) is 2.96. The molecule has 1 fully saturated rings. The van der Waals surface area contributed by atoms with Crippen LogP contribution in [-0.4, -0.2) is 30.4 Å². The molecule has 2 rings (SSSR count). The third kappa shape index (κ3) is 4.35. The van der Waals surface area contributed by atoms with Crippen molar-refractivity contribution in [3.8, 4) is 12.1 Å². The molecule has 1 saturated heterocycles. The zero-order chi connectivity index (χ0) is 17.7. The number of thiophene rings is 1. The van der Waals surface area contributed by atoms with Crippen LogP contribution in [0, 0.1) is 28.6 Å². The van der Waals surface area contributed by atoms with Crippen LogP contribution in [0.15, 0.2) is 5.38 Å². The first-order valence-corrected chi connectivity index (χ1v) is 9.17. The molecule has 1 atom stereocenters. The Hall–Kier alpha value is -1.89. The van der Waals surface area contributed by atoms with E-state index in [1.165, 1.54) is 11.3 Å². The van der Waals surface area contributed by atoms with Crippen LogP contribution in [0.4, 0.5) is 5.00 Å². The standard InChI is InChI=1S/C18H24N4OS/c1-18(2,3)15-12-24-17(14(15)10-20)21-16(23)13-6-4-8-22(11-13)9-5-7-19/h12-13H,4-6,8-9,11H2,1-3H3,(H,21,23). The summed E-state index contributed by atoms with van der Waals surface area (Å²) < 4.78 is 0. The minimum absolute atomic E-state index is 0.0181. The molecule has 1 aliphatic heterocycles. The van der Waals surface area contributed by atoms with Crippen LogP contribution in [0.1, 0.15) is 51.2 Å². The topological polar surface area (TPSA) is 79.9 Å². The summed E-state index contributed by atoms with van der Waals surface area (Å²) in [7, 11) is 0. The average molecular weight is 344 g/mol. The molecule has 0 aromatic carbocycles. The Morgan fingerprint density at radius 3 is 2.83 bits per heavy atom. The quantitative estimate of drug-likeness (QED) is 0.907. The molecule has 1 N–H and O–H groups in total. The molecule has 24 heavy (non-hydrogen) atoms. The van der Waals surface area contributed by atoms with Crippen LogP contribution in [-0.2, 0) is 10.2 Å². The molecule has 1 aromatic rings. The van der Waals surface area contributed by atoms with Crippen LogP contribution in [0.2, 0.25) is 0 Å². The highest BCUT2D eigenvalue weighted by Crippen LogP contribution is 2.36. The molecule has 0 radical (unpaired) electrons. The van der Waals surface area contributed by atoms with Gasteiger partial charge >= 0.3 is 0 Å². The zero-order valence-corrected chi connectivity index (χ0v) is 15.4. The molecule has 2 heterocycles. The number of nitriles is 2. The van der Waals surface area contributed by atoms with Crippen molar-refractivity contribution < 1.29 is 4.79 Å². The van der Waals surface area contributed by atoms with E-state index in [2.05, 4.69) is 43.1 Å². The second-order valence-electron chi connectivity index (χ2n) is 7.25. The smallest absolute Gasteiger partial charge is 0.229 e. The second-order valence-corrected chi connectivity index (χ2v) is 8.13. The second kappa shape index (κ2) is 7.79. The van der Waals surface area contributed by atoms with Crippen molar-refractivity contribution in [3.63, 3.8) is 0 Å². The van der Waals surface area contributed by atoms with Crippen molar-refractivity contribution in [2.45, 2.75) is 45.4 Å². The van der Waals surface area contributed by atoms with Crippen molar-refractivity contribution in [2.24, 2.45) is 5.92 Å². The van der Waals surface area contributed by atoms with Gasteiger partial charge in [-0.15, -0.1) is 11.3 Å². The molecule has 1 aromatic heterocycles. The van der Waals surface area contributed by atoms with Gasteiger partial charge in [0.05, 0.1) is 17.6 Å².